The number of anilines is 1. The number of carboxylic acids is 1. The second kappa shape index (κ2) is 8.08. The van der Waals surface area contributed by atoms with Crippen molar-refractivity contribution in [3.05, 3.63) is 76.6 Å². The Morgan fingerprint density at radius 3 is 2.65 bits per heavy atom. The summed E-state index contributed by atoms with van der Waals surface area (Å²) in [5.41, 5.74) is 1.86. The number of benzene rings is 2. The monoisotopic (exact) mass is 436 g/mol. The number of nitrogens with zero attached hydrogens (tertiary/aromatic N) is 3. The topological polar surface area (TPSA) is 106 Å². The van der Waals surface area contributed by atoms with E-state index in [0.717, 1.165) is 10.9 Å². The Labute approximate surface area is 182 Å². The predicted octanol–water partition coefficient (Wildman–Crippen LogP) is 4.34. The minimum Gasteiger partial charge on any atom is -0.496 e. The van der Waals surface area contributed by atoms with Crippen LogP contribution in [0.5, 0.6) is 5.75 Å². The highest BCUT2D eigenvalue weighted by molar-refractivity contribution is 6.34. The number of hydrogen-bond donors (Lipinski definition) is 2. The lowest BCUT2D eigenvalue weighted by Crippen LogP contribution is -2.14. The van der Waals surface area contributed by atoms with Gasteiger partial charge in [-0.05, 0) is 31.2 Å². The summed E-state index contributed by atoms with van der Waals surface area (Å²) in [7, 11) is 1.34. The SMILES string of the molecule is COc1cc(NC(=O)c2cnn(-c3ccc4ccccc4n3)c2C)c(Cl)cc1C(=O)O. The number of aromatic carboxylic acids is 1. The average molecular weight is 437 g/mol. The molecule has 0 aliphatic carbocycles. The van der Waals surface area contributed by atoms with Gasteiger partial charge in [0.05, 0.1) is 40.8 Å². The summed E-state index contributed by atoms with van der Waals surface area (Å²) >= 11 is 6.17. The zero-order valence-corrected chi connectivity index (χ0v) is 17.3. The summed E-state index contributed by atoms with van der Waals surface area (Å²) < 4.78 is 6.68. The lowest BCUT2D eigenvalue weighted by Gasteiger charge is -2.11. The van der Waals surface area contributed by atoms with Crippen LogP contribution >= 0.6 is 11.6 Å². The van der Waals surface area contributed by atoms with Gasteiger partial charge in [0, 0.05) is 11.5 Å². The number of carboxylic acid groups (broad SMARTS) is 1. The molecular formula is C22H17ClN4O4. The van der Waals surface area contributed by atoms with Crippen molar-refractivity contribution in [3.63, 3.8) is 0 Å². The number of aromatic nitrogens is 3. The third-order valence-electron chi connectivity index (χ3n) is 4.82. The average Bonchev–Trinajstić information content (AvgIpc) is 3.15. The number of hydrogen-bond acceptors (Lipinski definition) is 5. The van der Waals surface area contributed by atoms with Gasteiger partial charge in [0.2, 0.25) is 0 Å². The molecule has 0 saturated heterocycles. The summed E-state index contributed by atoms with van der Waals surface area (Å²) in [5.74, 6) is -0.964. The molecule has 0 saturated carbocycles. The molecule has 4 aromatic rings. The number of nitrogens with one attached hydrogen (secondary N) is 1. The van der Waals surface area contributed by atoms with Crippen molar-refractivity contribution in [1.29, 1.82) is 0 Å². The molecule has 31 heavy (non-hydrogen) atoms. The highest BCUT2D eigenvalue weighted by Gasteiger charge is 2.20. The van der Waals surface area contributed by atoms with E-state index in [1.165, 1.54) is 25.4 Å². The fourth-order valence-electron chi connectivity index (χ4n) is 3.21. The molecule has 2 N–H and O–H groups in total. The minimum atomic E-state index is -1.18. The van der Waals surface area contributed by atoms with Crippen LogP contribution in [-0.2, 0) is 0 Å². The molecule has 0 aliphatic rings. The molecule has 0 aliphatic heterocycles. The van der Waals surface area contributed by atoms with Crippen molar-refractivity contribution in [2.24, 2.45) is 0 Å². The maximum absolute atomic E-state index is 12.9. The van der Waals surface area contributed by atoms with Gasteiger partial charge in [-0.25, -0.2) is 14.5 Å². The molecule has 0 radical (unpaired) electrons. The Balaban J connectivity index is 1.65. The van der Waals surface area contributed by atoms with Gasteiger partial charge in [-0.3, -0.25) is 4.79 Å². The van der Waals surface area contributed by atoms with E-state index in [2.05, 4.69) is 15.4 Å². The highest BCUT2D eigenvalue weighted by atomic mass is 35.5. The van der Waals surface area contributed by atoms with Gasteiger partial charge in [-0.2, -0.15) is 5.10 Å². The first-order valence-corrected chi connectivity index (χ1v) is 9.60. The zero-order chi connectivity index (χ0) is 22.1. The van der Waals surface area contributed by atoms with Gasteiger partial charge in [0.1, 0.15) is 11.3 Å². The summed E-state index contributed by atoms with van der Waals surface area (Å²) in [6, 6.07) is 14.1. The van der Waals surface area contributed by atoms with E-state index in [9.17, 15) is 14.7 Å². The number of pyridine rings is 1. The number of amides is 1. The third-order valence-corrected chi connectivity index (χ3v) is 5.14. The van der Waals surface area contributed by atoms with Crippen LogP contribution in [0.3, 0.4) is 0 Å². The van der Waals surface area contributed by atoms with Crippen molar-refractivity contribution >= 4 is 40.1 Å². The van der Waals surface area contributed by atoms with Crippen LogP contribution in [0, 0.1) is 6.92 Å². The highest BCUT2D eigenvalue weighted by Crippen LogP contribution is 2.31. The van der Waals surface area contributed by atoms with Crippen LogP contribution in [0.2, 0.25) is 5.02 Å². The van der Waals surface area contributed by atoms with Gasteiger partial charge in [0.25, 0.3) is 5.91 Å². The van der Waals surface area contributed by atoms with Gasteiger partial charge in [-0.1, -0.05) is 29.8 Å². The molecule has 9 heteroatoms. The summed E-state index contributed by atoms with van der Waals surface area (Å²) in [4.78, 5) is 28.8. The third kappa shape index (κ3) is 3.80. The second-order valence-corrected chi connectivity index (χ2v) is 7.12. The summed E-state index contributed by atoms with van der Waals surface area (Å²) in [6.45, 7) is 1.76. The molecule has 2 aromatic heterocycles. The molecule has 0 spiro atoms. The van der Waals surface area contributed by atoms with Crippen LogP contribution in [-0.4, -0.2) is 38.9 Å². The smallest absolute Gasteiger partial charge is 0.339 e. The molecule has 156 valence electrons. The maximum atomic E-state index is 12.9. The van der Waals surface area contributed by atoms with Crippen LogP contribution in [0.15, 0.2) is 54.7 Å². The number of fused-ring (bicyclic) bond motifs is 1. The number of carbonyl (C=O) groups is 2. The first-order chi connectivity index (χ1) is 14.9. The van der Waals surface area contributed by atoms with Crippen molar-refractivity contribution in [3.8, 4) is 11.6 Å². The Morgan fingerprint density at radius 2 is 1.90 bits per heavy atom. The lowest BCUT2D eigenvalue weighted by atomic mass is 10.1. The molecule has 1 amide bonds. The van der Waals surface area contributed by atoms with E-state index in [-0.39, 0.29) is 22.0 Å². The van der Waals surface area contributed by atoms with Crippen molar-refractivity contribution in [1.82, 2.24) is 14.8 Å². The van der Waals surface area contributed by atoms with Gasteiger partial charge < -0.3 is 15.2 Å². The van der Waals surface area contributed by atoms with Gasteiger partial charge in [-0.15, -0.1) is 0 Å². The number of ether oxygens (including phenoxy) is 1. The van der Waals surface area contributed by atoms with Crippen molar-refractivity contribution in [2.75, 3.05) is 12.4 Å². The van der Waals surface area contributed by atoms with Crippen LogP contribution in [0.25, 0.3) is 16.7 Å². The molecule has 2 heterocycles. The van der Waals surface area contributed by atoms with Crippen LogP contribution in [0.1, 0.15) is 26.4 Å². The summed E-state index contributed by atoms with van der Waals surface area (Å²) in [5, 5.41) is 17.3. The number of rotatable bonds is 5. The molecule has 0 unspecified atom stereocenters. The molecule has 0 atom stereocenters. The zero-order valence-electron chi connectivity index (χ0n) is 16.6. The number of halogens is 1. The quantitative estimate of drug-likeness (QED) is 0.482. The van der Waals surface area contributed by atoms with Crippen LogP contribution in [0.4, 0.5) is 5.69 Å². The van der Waals surface area contributed by atoms with E-state index in [0.29, 0.717) is 17.1 Å². The van der Waals surface area contributed by atoms with E-state index in [4.69, 9.17) is 16.3 Å². The molecule has 2 aromatic carbocycles. The van der Waals surface area contributed by atoms with Gasteiger partial charge in [0.15, 0.2) is 5.82 Å². The Hall–Kier alpha value is -3.91. The van der Waals surface area contributed by atoms with Crippen LogP contribution < -0.4 is 10.1 Å². The summed E-state index contributed by atoms with van der Waals surface area (Å²) in [6.07, 6.45) is 1.44. The van der Waals surface area contributed by atoms with Crippen molar-refractivity contribution in [2.45, 2.75) is 6.92 Å². The fraction of sp³-hybridized carbons (Fsp3) is 0.0909. The maximum Gasteiger partial charge on any atom is 0.339 e. The van der Waals surface area contributed by atoms with E-state index in [1.807, 2.05) is 36.4 Å². The Morgan fingerprint density at radius 1 is 1.13 bits per heavy atom. The molecule has 4 rings (SSSR count). The standard InChI is InChI=1S/C22H17ClN4O4/c1-12-15(11-24-27(12)20-8-7-13-5-3-4-6-17(13)25-20)21(28)26-18-10-19(31-2)14(22(29)30)9-16(18)23/h3-11H,1-2H3,(H,26,28)(H,29,30). The lowest BCUT2D eigenvalue weighted by molar-refractivity contribution is 0.0693. The van der Waals surface area contributed by atoms with Gasteiger partial charge >= 0.3 is 5.97 Å². The molecule has 0 fully saturated rings. The Kier molecular flexibility index (Phi) is 5.31. The number of carbonyl (C=O) groups excluding carboxylic acids is 1. The molecule has 8 nitrogen and oxygen atoms in total. The normalized spacial score (nSPS) is 10.8. The molecule has 0 bridgehead atoms. The minimum absolute atomic E-state index is 0.0767. The van der Waals surface area contributed by atoms with E-state index >= 15 is 0 Å². The second-order valence-electron chi connectivity index (χ2n) is 6.71. The first kappa shape index (κ1) is 20.4. The first-order valence-electron chi connectivity index (χ1n) is 9.22. The number of methoxy groups -OCH3 is 1. The fourth-order valence-corrected chi connectivity index (χ4v) is 3.42. The molecular weight excluding hydrogens is 420 g/mol. The van der Waals surface area contributed by atoms with Crippen molar-refractivity contribution < 1.29 is 19.4 Å². The van der Waals surface area contributed by atoms with E-state index < -0.39 is 11.9 Å². The Bertz CT molecular complexity index is 1330. The van der Waals surface area contributed by atoms with E-state index in [1.54, 1.807) is 11.6 Å². The predicted molar refractivity (Wildman–Crippen MR) is 117 cm³/mol. The largest absolute Gasteiger partial charge is 0.496 e. The number of para-hydroxylation sites is 1.